The molecule has 0 atom stereocenters. The van der Waals surface area contributed by atoms with Crippen molar-refractivity contribution in [2.75, 3.05) is 0 Å². The Bertz CT molecular complexity index is 1210. The SMILES string of the molecule is Cc1cc(C)n(Cc2ccc(C(=O)NCc3ccc(OCc4ccc(F)cc4)cc3)cc2)n1. The minimum atomic E-state index is -0.263. The average Bonchev–Trinajstić information content (AvgIpc) is 3.14. The molecular formula is C27H26FN3O2. The van der Waals surface area contributed by atoms with Crippen molar-refractivity contribution in [2.24, 2.45) is 0 Å². The van der Waals surface area contributed by atoms with E-state index in [1.165, 1.54) is 12.1 Å². The number of nitrogens with zero attached hydrogens (tertiary/aromatic N) is 2. The number of benzene rings is 3. The molecule has 0 aliphatic rings. The van der Waals surface area contributed by atoms with Crippen LogP contribution in [0.25, 0.3) is 0 Å². The summed E-state index contributed by atoms with van der Waals surface area (Å²) in [5.74, 6) is 0.331. The highest BCUT2D eigenvalue weighted by atomic mass is 19.1. The first-order chi connectivity index (χ1) is 16.0. The third kappa shape index (κ3) is 6.07. The van der Waals surface area contributed by atoms with E-state index in [-0.39, 0.29) is 11.7 Å². The summed E-state index contributed by atoms with van der Waals surface area (Å²) in [6, 6.07) is 23.4. The van der Waals surface area contributed by atoms with Gasteiger partial charge in [0.25, 0.3) is 5.91 Å². The fourth-order valence-corrected chi connectivity index (χ4v) is 3.50. The summed E-state index contributed by atoms with van der Waals surface area (Å²) in [5.41, 5.74) is 5.68. The zero-order valence-corrected chi connectivity index (χ0v) is 18.7. The van der Waals surface area contributed by atoms with Gasteiger partial charge in [-0.25, -0.2) is 4.39 Å². The fourth-order valence-electron chi connectivity index (χ4n) is 3.50. The van der Waals surface area contributed by atoms with Gasteiger partial charge in [0, 0.05) is 17.8 Å². The molecule has 0 unspecified atom stereocenters. The maximum absolute atomic E-state index is 13.0. The monoisotopic (exact) mass is 443 g/mol. The molecular weight excluding hydrogens is 417 g/mol. The molecule has 0 fully saturated rings. The molecule has 0 bridgehead atoms. The highest BCUT2D eigenvalue weighted by Gasteiger charge is 2.07. The van der Waals surface area contributed by atoms with Gasteiger partial charge >= 0.3 is 0 Å². The number of ether oxygens (including phenoxy) is 1. The van der Waals surface area contributed by atoms with Crippen molar-refractivity contribution >= 4 is 5.91 Å². The smallest absolute Gasteiger partial charge is 0.251 e. The van der Waals surface area contributed by atoms with E-state index in [2.05, 4.69) is 10.4 Å². The van der Waals surface area contributed by atoms with Gasteiger partial charge in [0.05, 0.1) is 12.2 Å². The van der Waals surface area contributed by atoms with Gasteiger partial charge in [0.15, 0.2) is 0 Å². The molecule has 1 aromatic heterocycles. The van der Waals surface area contributed by atoms with Crippen molar-refractivity contribution in [1.82, 2.24) is 15.1 Å². The van der Waals surface area contributed by atoms with Crippen molar-refractivity contribution in [2.45, 2.75) is 33.5 Å². The summed E-state index contributed by atoms with van der Waals surface area (Å²) >= 11 is 0. The third-order valence-corrected chi connectivity index (χ3v) is 5.35. The number of hydrogen-bond donors (Lipinski definition) is 1. The Morgan fingerprint density at radius 3 is 2.18 bits per heavy atom. The molecule has 1 N–H and O–H groups in total. The van der Waals surface area contributed by atoms with Crippen molar-refractivity contribution in [3.8, 4) is 5.75 Å². The lowest BCUT2D eigenvalue weighted by molar-refractivity contribution is 0.0951. The predicted molar refractivity (Wildman–Crippen MR) is 126 cm³/mol. The van der Waals surface area contributed by atoms with Crippen molar-refractivity contribution < 1.29 is 13.9 Å². The van der Waals surface area contributed by atoms with Gasteiger partial charge in [-0.05, 0) is 73.0 Å². The highest BCUT2D eigenvalue weighted by molar-refractivity contribution is 5.94. The Morgan fingerprint density at radius 1 is 0.909 bits per heavy atom. The molecule has 3 aromatic carbocycles. The number of carbonyl (C=O) groups is 1. The van der Waals surface area contributed by atoms with Crippen LogP contribution in [0.15, 0.2) is 78.9 Å². The minimum absolute atomic E-state index is 0.121. The van der Waals surface area contributed by atoms with E-state index in [0.29, 0.717) is 31.0 Å². The van der Waals surface area contributed by atoms with Crippen molar-refractivity contribution in [3.63, 3.8) is 0 Å². The second-order valence-electron chi connectivity index (χ2n) is 8.02. The summed E-state index contributed by atoms with van der Waals surface area (Å²) in [6.45, 7) is 5.48. The van der Waals surface area contributed by atoms with Gasteiger partial charge in [-0.1, -0.05) is 36.4 Å². The first-order valence-corrected chi connectivity index (χ1v) is 10.8. The van der Waals surface area contributed by atoms with Crippen LogP contribution < -0.4 is 10.1 Å². The molecule has 4 aromatic rings. The van der Waals surface area contributed by atoms with Gasteiger partial charge in [-0.3, -0.25) is 9.48 Å². The van der Waals surface area contributed by atoms with E-state index in [1.807, 2.05) is 73.1 Å². The maximum Gasteiger partial charge on any atom is 0.251 e. The molecule has 33 heavy (non-hydrogen) atoms. The van der Waals surface area contributed by atoms with Crippen LogP contribution in [-0.2, 0) is 19.7 Å². The molecule has 0 saturated carbocycles. The van der Waals surface area contributed by atoms with E-state index in [4.69, 9.17) is 4.74 Å². The average molecular weight is 444 g/mol. The molecule has 1 heterocycles. The fraction of sp³-hybridized carbons (Fsp3) is 0.185. The van der Waals surface area contributed by atoms with Gasteiger partial charge in [0.2, 0.25) is 0 Å². The second kappa shape index (κ2) is 10.1. The number of amides is 1. The number of nitrogens with one attached hydrogen (secondary N) is 1. The third-order valence-electron chi connectivity index (χ3n) is 5.35. The lowest BCUT2D eigenvalue weighted by Gasteiger charge is -2.09. The van der Waals surface area contributed by atoms with E-state index < -0.39 is 0 Å². The van der Waals surface area contributed by atoms with Gasteiger partial charge < -0.3 is 10.1 Å². The van der Waals surface area contributed by atoms with Crippen molar-refractivity contribution in [3.05, 3.63) is 118 Å². The van der Waals surface area contributed by atoms with Gasteiger partial charge in [-0.15, -0.1) is 0 Å². The molecule has 0 saturated heterocycles. The molecule has 0 spiro atoms. The van der Waals surface area contributed by atoms with Crippen LogP contribution in [0.2, 0.25) is 0 Å². The first kappa shape index (κ1) is 22.3. The van der Waals surface area contributed by atoms with E-state index in [1.54, 1.807) is 12.1 Å². The van der Waals surface area contributed by atoms with E-state index in [9.17, 15) is 9.18 Å². The molecule has 0 radical (unpaired) electrons. The molecule has 1 amide bonds. The highest BCUT2D eigenvalue weighted by Crippen LogP contribution is 2.15. The van der Waals surface area contributed by atoms with Crippen LogP contribution in [0.1, 0.15) is 38.4 Å². The van der Waals surface area contributed by atoms with E-state index >= 15 is 0 Å². The summed E-state index contributed by atoms with van der Waals surface area (Å²) < 4.78 is 20.7. The largest absolute Gasteiger partial charge is 0.489 e. The molecule has 5 nitrogen and oxygen atoms in total. The van der Waals surface area contributed by atoms with Crippen molar-refractivity contribution in [1.29, 1.82) is 0 Å². The number of rotatable bonds is 8. The lowest BCUT2D eigenvalue weighted by Crippen LogP contribution is -2.22. The van der Waals surface area contributed by atoms with Gasteiger partial charge in [0.1, 0.15) is 18.2 Å². The standard InChI is InChI=1S/C27H26FN3O2/c1-19-15-20(2)31(30-19)17-22-3-9-24(10-4-22)27(32)29-16-21-7-13-26(14-8-21)33-18-23-5-11-25(28)12-6-23/h3-15H,16-18H2,1-2H3,(H,29,32). The topological polar surface area (TPSA) is 56.2 Å². The van der Waals surface area contributed by atoms with E-state index in [0.717, 1.165) is 28.1 Å². The Hall–Kier alpha value is -3.93. The van der Waals surface area contributed by atoms with Crippen LogP contribution in [0.5, 0.6) is 5.75 Å². The summed E-state index contributed by atoms with van der Waals surface area (Å²) in [7, 11) is 0. The minimum Gasteiger partial charge on any atom is -0.489 e. The number of aryl methyl sites for hydroxylation is 2. The van der Waals surface area contributed by atoms with Crippen LogP contribution in [-0.4, -0.2) is 15.7 Å². The predicted octanol–water partition coefficient (Wildman–Crippen LogP) is 5.20. The summed E-state index contributed by atoms with van der Waals surface area (Å²) in [5, 5.41) is 7.42. The summed E-state index contributed by atoms with van der Waals surface area (Å²) in [6.07, 6.45) is 0. The zero-order valence-electron chi connectivity index (χ0n) is 18.7. The van der Waals surface area contributed by atoms with Crippen LogP contribution in [0, 0.1) is 19.7 Å². The second-order valence-corrected chi connectivity index (χ2v) is 8.02. The molecule has 168 valence electrons. The lowest BCUT2D eigenvalue weighted by atomic mass is 10.1. The van der Waals surface area contributed by atoms with Crippen LogP contribution >= 0.6 is 0 Å². The molecule has 6 heteroatoms. The zero-order chi connectivity index (χ0) is 23.2. The first-order valence-electron chi connectivity index (χ1n) is 10.8. The van der Waals surface area contributed by atoms with Crippen LogP contribution in [0.4, 0.5) is 4.39 Å². The summed E-state index contributed by atoms with van der Waals surface area (Å²) in [4.78, 5) is 12.5. The molecule has 4 rings (SSSR count). The Morgan fingerprint density at radius 2 is 1.55 bits per heavy atom. The Kier molecular flexibility index (Phi) is 6.83. The number of aromatic nitrogens is 2. The Labute approximate surface area is 192 Å². The number of hydrogen-bond acceptors (Lipinski definition) is 3. The normalized spacial score (nSPS) is 10.8. The number of halogens is 1. The molecule has 0 aliphatic carbocycles. The quantitative estimate of drug-likeness (QED) is 0.407. The maximum atomic E-state index is 13.0. The molecule has 0 aliphatic heterocycles. The number of carbonyl (C=O) groups excluding carboxylic acids is 1. The van der Waals surface area contributed by atoms with Gasteiger partial charge in [-0.2, -0.15) is 5.10 Å². The van der Waals surface area contributed by atoms with Crippen LogP contribution in [0.3, 0.4) is 0 Å². The Balaban J connectivity index is 1.26.